The van der Waals surface area contributed by atoms with Crippen LogP contribution in [0.4, 0.5) is 0 Å². The van der Waals surface area contributed by atoms with E-state index in [1.54, 1.807) is 21.3 Å². The molecule has 2 N–H and O–H groups in total. The van der Waals surface area contributed by atoms with Gasteiger partial charge in [0.1, 0.15) is 6.61 Å². The summed E-state index contributed by atoms with van der Waals surface area (Å²) in [6, 6.07) is 17.7. The first-order chi connectivity index (χ1) is 15.6. The minimum absolute atomic E-state index is 0. The van der Waals surface area contributed by atoms with Crippen LogP contribution in [0.25, 0.3) is 0 Å². The molecule has 4 rings (SSSR count). The summed E-state index contributed by atoms with van der Waals surface area (Å²) in [6.07, 6.45) is 1.59. The Morgan fingerprint density at radius 3 is 2.21 bits per heavy atom. The van der Waals surface area contributed by atoms with Gasteiger partial charge in [-0.3, -0.25) is 0 Å². The fourth-order valence-electron chi connectivity index (χ4n) is 4.18. The Morgan fingerprint density at radius 1 is 0.879 bits per heavy atom. The lowest BCUT2D eigenvalue weighted by molar-refractivity contribution is 0.288. The van der Waals surface area contributed by atoms with E-state index in [1.165, 1.54) is 5.56 Å². The van der Waals surface area contributed by atoms with Crippen molar-refractivity contribution in [2.45, 2.75) is 25.5 Å². The molecule has 0 amide bonds. The van der Waals surface area contributed by atoms with E-state index in [1.807, 2.05) is 54.6 Å². The maximum absolute atomic E-state index is 10.7. The van der Waals surface area contributed by atoms with Gasteiger partial charge in [0.05, 0.1) is 21.3 Å². The van der Waals surface area contributed by atoms with Crippen molar-refractivity contribution in [3.63, 3.8) is 0 Å². The van der Waals surface area contributed by atoms with Crippen molar-refractivity contribution >= 4 is 12.4 Å². The van der Waals surface area contributed by atoms with Gasteiger partial charge in [-0.15, -0.1) is 12.4 Å². The second kappa shape index (κ2) is 11.2. The molecule has 1 heterocycles. The summed E-state index contributed by atoms with van der Waals surface area (Å²) in [7, 11) is 4.83. The highest BCUT2D eigenvalue weighted by atomic mass is 35.5. The van der Waals surface area contributed by atoms with E-state index in [2.05, 4.69) is 5.32 Å². The molecule has 0 aromatic heterocycles. The van der Waals surface area contributed by atoms with Crippen molar-refractivity contribution in [1.82, 2.24) is 5.32 Å². The summed E-state index contributed by atoms with van der Waals surface area (Å²) >= 11 is 0. The topological polar surface area (TPSA) is 69.2 Å². The zero-order valence-corrected chi connectivity index (χ0v) is 19.9. The Bertz CT molecular complexity index is 1050. The quantitative estimate of drug-likeness (QED) is 0.489. The van der Waals surface area contributed by atoms with E-state index in [9.17, 15) is 5.11 Å². The van der Waals surface area contributed by atoms with Gasteiger partial charge in [-0.1, -0.05) is 30.3 Å². The number of ether oxygens (including phenoxy) is 4. The molecule has 1 aliphatic rings. The van der Waals surface area contributed by atoms with Crippen molar-refractivity contribution in [3.05, 3.63) is 76.9 Å². The molecule has 0 saturated carbocycles. The first-order valence-corrected chi connectivity index (χ1v) is 10.7. The smallest absolute Gasteiger partial charge is 0.203 e. The summed E-state index contributed by atoms with van der Waals surface area (Å²) in [6.45, 7) is 1.27. The number of halogens is 1. The summed E-state index contributed by atoms with van der Waals surface area (Å²) in [5, 5.41) is 14.2. The van der Waals surface area contributed by atoms with Gasteiger partial charge in [-0.05, 0) is 65.9 Å². The van der Waals surface area contributed by atoms with Crippen LogP contribution in [-0.4, -0.2) is 33.0 Å². The maximum atomic E-state index is 10.7. The van der Waals surface area contributed by atoms with E-state index in [4.69, 9.17) is 18.9 Å². The molecule has 1 aliphatic heterocycles. The number of phenolic OH excluding ortho intramolecular Hbond substituents is 1. The van der Waals surface area contributed by atoms with Crippen LogP contribution in [0.2, 0.25) is 0 Å². The third-order valence-corrected chi connectivity index (χ3v) is 5.78. The molecule has 0 fully saturated rings. The van der Waals surface area contributed by atoms with Crippen molar-refractivity contribution in [2.75, 3.05) is 27.9 Å². The first-order valence-electron chi connectivity index (χ1n) is 10.7. The lowest BCUT2D eigenvalue weighted by Gasteiger charge is -2.28. The molecule has 0 radical (unpaired) electrons. The number of fused-ring (bicyclic) bond motifs is 1. The molecular formula is C26H30ClNO5. The zero-order valence-electron chi connectivity index (χ0n) is 19.1. The Balaban J connectivity index is 0.00000306. The molecule has 6 nitrogen and oxygen atoms in total. The van der Waals surface area contributed by atoms with Gasteiger partial charge in [0.15, 0.2) is 23.0 Å². The first kappa shape index (κ1) is 24.6. The predicted octanol–water partition coefficient (Wildman–Crippen LogP) is 4.85. The zero-order chi connectivity index (χ0) is 22.5. The number of phenols is 1. The van der Waals surface area contributed by atoms with Gasteiger partial charge in [0, 0.05) is 6.04 Å². The molecule has 3 aromatic rings. The van der Waals surface area contributed by atoms with Gasteiger partial charge < -0.3 is 29.4 Å². The standard InChI is InChI=1S/C26H29NO5.ClH/c1-29-24-12-18(13-25(30-2)26(24)31-3)11-21-20-15-22(28)23(14-19(20)9-10-27-21)32-16-17-7-5-4-6-8-17;/h4-8,12-15,21,27-28H,9-11,16H2,1-3H3;1H. The number of rotatable bonds is 8. The SMILES string of the molecule is COc1cc(CC2NCCc3cc(OCc4ccccc4)c(O)cc32)cc(OC)c1OC.Cl. The molecule has 176 valence electrons. The number of benzene rings is 3. The largest absolute Gasteiger partial charge is 0.504 e. The van der Waals surface area contributed by atoms with Crippen LogP contribution in [0.15, 0.2) is 54.6 Å². The van der Waals surface area contributed by atoms with Crippen molar-refractivity contribution in [3.8, 4) is 28.7 Å². The van der Waals surface area contributed by atoms with Crippen LogP contribution < -0.4 is 24.3 Å². The van der Waals surface area contributed by atoms with Crippen LogP contribution in [0, 0.1) is 0 Å². The monoisotopic (exact) mass is 471 g/mol. The van der Waals surface area contributed by atoms with Gasteiger partial charge >= 0.3 is 0 Å². The van der Waals surface area contributed by atoms with Crippen LogP contribution in [0.3, 0.4) is 0 Å². The fourth-order valence-corrected chi connectivity index (χ4v) is 4.18. The van der Waals surface area contributed by atoms with Crippen molar-refractivity contribution in [1.29, 1.82) is 0 Å². The van der Waals surface area contributed by atoms with Crippen molar-refractivity contribution in [2.24, 2.45) is 0 Å². The third-order valence-electron chi connectivity index (χ3n) is 5.78. The number of nitrogens with one attached hydrogen (secondary N) is 1. The predicted molar refractivity (Wildman–Crippen MR) is 130 cm³/mol. The minimum Gasteiger partial charge on any atom is -0.504 e. The second-order valence-electron chi connectivity index (χ2n) is 7.79. The highest BCUT2D eigenvalue weighted by molar-refractivity contribution is 5.85. The van der Waals surface area contributed by atoms with E-state index < -0.39 is 0 Å². The summed E-state index contributed by atoms with van der Waals surface area (Å²) < 4.78 is 22.3. The second-order valence-corrected chi connectivity index (χ2v) is 7.79. The van der Waals surface area contributed by atoms with Gasteiger partial charge in [-0.25, -0.2) is 0 Å². The Labute approximate surface area is 200 Å². The van der Waals surface area contributed by atoms with Crippen LogP contribution >= 0.6 is 12.4 Å². The molecule has 1 unspecified atom stereocenters. The molecular weight excluding hydrogens is 442 g/mol. The number of aromatic hydroxyl groups is 1. The average Bonchev–Trinajstić information content (AvgIpc) is 2.83. The molecule has 1 atom stereocenters. The van der Waals surface area contributed by atoms with Gasteiger partial charge in [0.2, 0.25) is 5.75 Å². The van der Waals surface area contributed by atoms with Gasteiger partial charge in [0.25, 0.3) is 0 Å². The normalized spacial score (nSPS) is 14.6. The van der Waals surface area contributed by atoms with E-state index in [0.717, 1.165) is 29.7 Å². The highest BCUT2D eigenvalue weighted by Gasteiger charge is 2.24. The summed E-state index contributed by atoms with van der Waals surface area (Å²) in [5.74, 6) is 2.50. The molecule has 0 aliphatic carbocycles. The third kappa shape index (κ3) is 5.46. The van der Waals surface area contributed by atoms with E-state index >= 15 is 0 Å². The Kier molecular flexibility index (Phi) is 8.31. The minimum atomic E-state index is 0. The molecule has 3 aromatic carbocycles. The van der Waals surface area contributed by atoms with E-state index in [0.29, 0.717) is 36.0 Å². The van der Waals surface area contributed by atoms with Crippen LogP contribution in [0.1, 0.15) is 28.3 Å². The summed E-state index contributed by atoms with van der Waals surface area (Å²) in [4.78, 5) is 0. The van der Waals surface area contributed by atoms with Crippen LogP contribution in [-0.2, 0) is 19.4 Å². The van der Waals surface area contributed by atoms with E-state index in [-0.39, 0.29) is 24.2 Å². The maximum Gasteiger partial charge on any atom is 0.203 e. The molecule has 0 bridgehead atoms. The molecule has 0 saturated heterocycles. The van der Waals surface area contributed by atoms with Crippen molar-refractivity contribution < 1.29 is 24.1 Å². The van der Waals surface area contributed by atoms with Gasteiger partial charge in [-0.2, -0.15) is 0 Å². The number of methoxy groups -OCH3 is 3. The summed E-state index contributed by atoms with van der Waals surface area (Å²) in [5.41, 5.74) is 4.37. The molecule has 0 spiro atoms. The number of hydrogen-bond donors (Lipinski definition) is 2. The Hall–Kier alpha value is -3.09. The Morgan fingerprint density at radius 2 is 1.58 bits per heavy atom. The lowest BCUT2D eigenvalue weighted by Crippen LogP contribution is -2.31. The molecule has 7 heteroatoms. The highest BCUT2D eigenvalue weighted by Crippen LogP contribution is 2.40. The molecule has 33 heavy (non-hydrogen) atoms. The average molecular weight is 472 g/mol. The number of hydrogen-bond acceptors (Lipinski definition) is 6. The fraction of sp³-hybridized carbons (Fsp3) is 0.308. The lowest BCUT2D eigenvalue weighted by atomic mass is 9.89. The van der Waals surface area contributed by atoms with Crippen LogP contribution in [0.5, 0.6) is 28.7 Å².